The summed E-state index contributed by atoms with van der Waals surface area (Å²) in [6, 6.07) is 4.33. The molecule has 1 aliphatic rings. The summed E-state index contributed by atoms with van der Waals surface area (Å²) >= 11 is 0. The quantitative estimate of drug-likeness (QED) is 0.448. The van der Waals surface area contributed by atoms with Gasteiger partial charge in [-0.3, -0.25) is 4.79 Å². The lowest BCUT2D eigenvalue weighted by Crippen LogP contribution is -2.48. The molecule has 1 aliphatic heterocycles. The third kappa shape index (κ3) is 6.65. The van der Waals surface area contributed by atoms with Crippen molar-refractivity contribution in [3.8, 4) is 5.75 Å². The Bertz CT molecular complexity index is 1460. The lowest BCUT2D eigenvalue weighted by molar-refractivity contribution is -0.274. The fourth-order valence-corrected chi connectivity index (χ4v) is 6.98. The molecule has 0 bridgehead atoms. The molecular formula is C23H24F6N2O6S2. The molecule has 1 aromatic heterocycles. The standard InChI is InChI=1S/C23H24F6N2O6S2/c1-21(2,39(35,36)17-6-4-5-16(12-17)37-23(27,28)29)14-7-9-31(10-8-14)20(32)19-18(38(3,33)34)11-15(13-30-19)22(24,25)26/h4-6,11-14H,7-10H2,1-3H3. The van der Waals surface area contributed by atoms with E-state index in [4.69, 9.17) is 0 Å². The number of benzene rings is 1. The normalized spacial score (nSPS) is 16.3. The molecule has 8 nitrogen and oxygen atoms in total. The average Bonchev–Trinajstić information content (AvgIpc) is 2.81. The minimum atomic E-state index is -5.02. The van der Waals surface area contributed by atoms with Gasteiger partial charge in [-0.05, 0) is 56.9 Å². The zero-order valence-corrected chi connectivity index (χ0v) is 22.4. The largest absolute Gasteiger partial charge is 0.573 e. The number of carbonyl (C=O) groups is 1. The molecule has 2 aromatic rings. The van der Waals surface area contributed by atoms with Gasteiger partial charge in [0.05, 0.1) is 20.1 Å². The van der Waals surface area contributed by atoms with Gasteiger partial charge in [-0.1, -0.05) is 6.07 Å². The first-order valence-electron chi connectivity index (χ1n) is 11.3. The summed E-state index contributed by atoms with van der Waals surface area (Å²) in [7, 11) is -8.47. The number of halogens is 6. The summed E-state index contributed by atoms with van der Waals surface area (Å²) in [4.78, 5) is 16.4. The van der Waals surface area contributed by atoms with Crippen LogP contribution >= 0.6 is 0 Å². The maximum Gasteiger partial charge on any atom is 0.573 e. The highest BCUT2D eigenvalue weighted by Gasteiger charge is 2.45. The smallest absolute Gasteiger partial charge is 0.406 e. The lowest BCUT2D eigenvalue weighted by atomic mass is 9.85. The first-order valence-corrected chi connectivity index (χ1v) is 14.7. The first kappa shape index (κ1) is 30.7. The molecule has 0 aliphatic carbocycles. The molecule has 3 rings (SSSR count). The Labute approximate surface area is 220 Å². The summed E-state index contributed by atoms with van der Waals surface area (Å²) in [5.41, 5.74) is -2.02. The van der Waals surface area contributed by atoms with Crippen molar-refractivity contribution in [3.05, 3.63) is 47.8 Å². The van der Waals surface area contributed by atoms with Crippen molar-refractivity contribution >= 4 is 25.6 Å². The number of ether oxygens (including phenoxy) is 1. The molecule has 216 valence electrons. The zero-order chi connectivity index (χ0) is 29.6. The Hall–Kier alpha value is -2.88. The second-order valence-electron chi connectivity index (χ2n) is 9.54. The Morgan fingerprint density at radius 1 is 1.00 bits per heavy atom. The molecule has 39 heavy (non-hydrogen) atoms. The second kappa shape index (κ2) is 10.3. The monoisotopic (exact) mass is 602 g/mol. The number of rotatable bonds is 6. The van der Waals surface area contributed by atoms with Gasteiger partial charge in [-0.2, -0.15) is 13.2 Å². The van der Waals surface area contributed by atoms with Gasteiger partial charge in [0, 0.05) is 25.5 Å². The van der Waals surface area contributed by atoms with Crippen LogP contribution in [0.5, 0.6) is 5.75 Å². The Kier molecular flexibility index (Phi) is 8.07. The molecule has 0 saturated carbocycles. The van der Waals surface area contributed by atoms with E-state index in [1.165, 1.54) is 18.7 Å². The number of amides is 1. The van der Waals surface area contributed by atoms with Crippen LogP contribution in [-0.2, 0) is 25.9 Å². The molecule has 1 amide bonds. The van der Waals surface area contributed by atoms with Crippen molar-refractivity contribution in [3.63, 3.8) is 0 Å². The molecule has 0 atom stereocenters. The Morgan fingerprint density at radius 2 is 1.59 bits per heavy atom. The number of alkyl halides is 6. The van der Waals surface area contributed by atoms with E-state index in [-0.39, 0.29) is 30.8 Å². The van der Waals surface area contributed by atoms with Crippen molar-refractivity contribution in [2.24, 2.45) is 5.92 Å². The fraction of sp³-hybridized carbons (Fsp3) is 0.478. The molecule has 1 fully saturated rings. The van der Waals surface area contributed by atoms with E-state index in [9.17, 15) is 48.0 Å². The summed E-state index contributed by atoms with van der Waals surface area (Å²) in [5.74, 6) is -2.21. The summed E-state index contributed by atoms with van der Waals surface area (Å²) in [5, 5.41) is 0. The van der Waals surface area contributed by atoms with Gasteiger partial charge in [0.1, 0.15) is 11.4 Å². The van der Waals surface area contributed by atoms with Crippen LogP contribution in [0.1, 0.15) is 42.7 Å². The first-order chi connectivity index (χ1) is 17.6. The number of aromatic nitrogens is 1. The van der Waals surface area contributed by atoms with Crippen molar-refractivity contribution in [2.75, 3.05) is 19.3 Å². The van der Waals surface area contributed by atoms with Gasteiger partial charge in [0.2, 0.25) is 0 Å². The van der Waals surface area contributed by atoms with Crippen LogP contribution in [0.15, 0.2) is 46.3 Å². The summed E-state index contributed by atoms with van der Waals surface area (Å²) < 4.78 is 130. The number of sulfone groups is 2. The summed E-state index contributed by atoms with van der Waals surface area (Å²) in [6.45, 7) is 2.68. The van der Waals surface area contributed by atoms with Crippen LogP contribution in [0.3, 0.4) is 0 Å². The molecule has 0 N–H and O–H groups in total. The van der Waals surface area contributed by atoms with Crippen LogP contribution in [0.25, 0.3) is 0 Å². The predicted molar refractivity (Wildman–Crippen MR) is 125 cm³/mol. The van der Waals surface area contributed by atoms with Gasteiger partial charge in [0.25, 0.3) is 5.91 Å². The Morgan fingerprint density at radius 3 is 2.10 bits per heavy atom. The molecule has 0 unspecified atom stereocenters. The van der Waals surface area contributed by atoms with Crippen LogP contribution in [0.4, 0.5) is 26.3 Å². The van der Waals surface area contributed by atoms with Crippen LogP contribution in [-0.4, -0.2) is 63.1 Å². The van der Waals surface area contributed by atoms with E-state index in [0.29, 0.717) is 18.5 Å². The Balaban J connectivity index is 1.82. The van der Waals surface area contributed by atoms with Crippen molar-refractivity contribution < 1.29 is 52.7 Å². The van der Waals surface area contributed by atoms with Crippen LogP contribution < -0.4 is 4.74 Å². The molecule has 1 aromatic carbocycles. The third-order valence-corrected chi connectivity index (χ3v) is 10.3. The van der Waals surface area contributed by atoms with Crippen molar-refractivity contribution in [2.45, 2.75) is 53.8 Å². The lowest BCUT2D eigenvalue weighted by Gasteiger charge is -2.40. The highest BCUT2D eigenvalue weighted by molar-refractivity contribution is 7.92. The van der Waals surface area contributed by atoms with E-state index in [2.05, 4.69) is 9.72 Å². The van der Waals surface area contributed by atoms with E-state index in [1.54, 1.807) is 0 Å². The average molecular weight is 603 g/mol. The number of piperidine rings is 1. The van der Waals surface area contributed by atoms with Crippen LogP contribution in [0.2, 0.25) is 0 Å². The topological polar surface area (TPSA) is 111 Å². The summed E-state index contributed by atoms with van der Waals surface area (Å²) in [6.07, 6.45) is -8.69. The van der Waals surface area contributed by atoms with Gasteiger partial charge in [-0.15, -0.1) is 13.2 Å². The number of nitrogens with zero attached hydrogens (tertiary/aromatic N) is 2. The molecular weight excluding hydrogens is 578 g/mol. The van der Waals surface area contributed by atoms with Gasteiger partial charge < -0.3 is 9.64 Å². The third-order valence-electron chi connectivity index (χ3n) is 6.59. The van der Waals surface area contributed by atoms with Gasteiger partial charge in [0.15, 0.2) is 19.7 Å². The number of hydrogen-bond acceptors (Lipinski definition) is 7. The van der Waals surface area contributed by atoms with Gasteiger partial charge >= 0.3 is 12.5 Å². The second-order valence-corrected chi connectivity index (χ2v) is 14.1. The number of hydrogen-bond donors (Lipinski definition) is 0. The van der Waals surface area contributed by atoms with E-state index < -0.39 is 70.7 Å². The van der Waals surface area contributed by atoms with E-state index in [1.807, 2.05) is 0 Å². The number of carbonyl (C=O) groups excluding carboxylic acids is 1. The number of pyridine rings is 1. The van der Waals surface area contributed by atoms with E-state index >= 15 is 0 Å². The van der Waals surface area contributed by atoms with Crippen LogP contribution in [0, 0.1) is 5.92 Å². The zero-order valence-electron chi connectivity index (χ0n) is 20.8. The minimum Gasteiger partial charge on any atom is -0.406 e. The molecule has 1 saturated heterocycles. The molecule has 0 radical (unpaired) electrons. The fourth-order valence-electron chi connectivity index (χ4n) is 4.33. The maximum atomic E-state index is 13.4. The van der Waals surface area contributed by atoms with Crippen molar-refractivity contribution in [1.82, 2.24) is 9.88 Å². The SMILES string of the molecule is CC(C)(C1CCN(C(=O)c2ncc(C(F)(F)F)cc2S(C)(=O)=O)CC1)S(=O)(=O)c1cccc(OC(F)(F)F)c1. The minimum absolute atomic E-state index is 0.0639. The van der Waals surface area contributed by atoms with Crippen molar-refractivity contribution in [1.29, 1.82) is 0 Å². The molecule has 0 spiro atoms. The molecule has 2 heterocycles. The van der Waals surface area contributed by atoms with E-state index in [0.717, 1.165) is 24.3 Å². The highest BCUT2D eigenvalue weighted by Crippen LogP contribution is 2.39. The van der Waals surface area contributed by atoms with Gasteiger partial charge in [-0.25, -0.2) is 21.8 Å². The highest BCUT2D eigenvalue weighted by atomic mass is 32.2. The molecule has 16 heteroatoms. The predicted octanol–water partition coefficient (Wildman–Crippen LogP) is 4.51. The maximum absolute atomic E-state index is 13.4. The number of likely N-dealkylation sites (tertiary alicyclic amines) is 1.